The van der Waals surface area contributed by atoms with Crippen LogP contribution in [-0.4, -0.2) is 6.54 Å². The van der Waals surface area contributed by atoms with Crippen LogP contribution in [0.3, 0.4) is 0 Å². The van der Waals surface area contributed by atoms with Crippen molar-refractivity contribution in [2.75, 3.05) is 6.54 Å². The fraction of sp³-hybridized carbons (Fsp3) is 0.647. The maximum Gasteiger partial charge on any atom is 0.126 e. The Bertz CT molecular complexity index is 439. The van der Waals surface area contributed by atoms with E-state index in [-0.39, 0.29) is 11.2 Å². The monoisotopic (exact) mass is 341 g/mol. The maximum absolute atomic E-state index is 14.0. The standard InChI is InChI=1S/C17H25BrFN/c1-2-3-13-6-8-17(12-20,9-7-13)11-14-10-15(18)4-5-16(14)19/h4-5,10,13H,2-3,6-9,11-12,20H2,1H3. The van der Waals surface area contributed by atoms with Crippen molar-refractivity contribution in [3.63, 3.8) is 0 Å². The summed E-state index contributed by atoms with van der Waals surface area (Å²) in [7, 11) is 0. The van der Waals surface area contributed by atoms with Crippen LogP contribution in [0.1, 0.15) is 51.0 Å². The average Bonchev–Trinajstić information content (AvgIpc) is 2.45. The minimum atomic E-state index is -0.100. The van der Waals surface area contributed by atoms with Gasteiger partial charge in [-0.2, -0.15) is 0 Å². The van der Waals surface area contributed by atoms with Crippen molar-refractivity contribution in [3.05, 3.63) is 34.1 Å². The summed E-state index contributed by atoms with van der Waals surface area (Å²) in [5, 5.41) is 0. The molecule has 2 N–H and O–H groups in total. The van der Waals surface area contributed by atoms with E-state index >= 15 is 0 Å². The van der Waals surface area contributed by atoms with E-state index in [2.05, 4.69) is 22.9 Å². The number of benzene rings is 1. The van der Waals surface area contributed by atoms with Crippen molar-refractivity contribution in [2.24, 2.45) is 17.1 Å². The van der Waals surface area contributed by atoms with Crippen LogP contribution in [0.2, 0.25) is 0 Å². The molecule has 0 heterocycles. The van der Waals surface area contributed by atoms with E-state index in [9.17, 15) is 4.39 Å². The molecule has 1 nitrogen and oxygen atoms in total. The lowest BCUT2D eigenvalue weighted by atomic mass is 9.67. The Hall–Kier alpha value is -0.410. The lowest BCUT2D eigenvalue weighted by Gasteiger charge is -2.40. The molecule has 112 valence electrons. The Morgan fingerprint density at radius 3 is 2.65 bits per heavy atom. The average molecular weight is 342 g/mol. The summed E-state index contributed by atoms with van der Waals surface area (Å²) >= 11 is 3.43. The van der Waals surface area contributed by atoms with Crippen molar-refractivity contribution in [1.82, 2.24) is 0 Å². The van der Waals surface area contributed by atoms with Crippen LogP contribution in [0.15, 0.2) is 22.7 Å². The van der Waals surface area contributed by atoms with E-state index in [0.717, 1.165) is 35.2 Å². The van der Waals surface area contributed by atoms with Gasteiger partial charge in [0, 0.05) is 4.47 Å². The largest absolute Gasteiger partial charge is 0.330 e. The van der Waals surface area contributed by atoms with Gasteiger partial charge in [-0.3, -0.25) is 0 Å². The van der Waals surface area contributed by atoms with Gasteiger partial charge < -0.3 is 5.73 Å². The summed E-state index contributed by atoms with van der Waals surface area (Å²) in [6, 6.07) is 5.21. The van der Waals surface area contributed by atoms with E-state index < -0.39 is 0 Å². The SMILES string of the molecule is CCCC1CCC(CN)(Cc2cc(Br)ccc2F)CC1. The van der Waals surface area contributed by atoms with Crippen LogP contribution in [0.4, 0.5) is 4.39 Å². The smallest absolute Gasteiger partial charge is 0.126 e. The number of nitrogens with two attached hydrogens (primary N) is 1. The fourth-order valence-corrected chi connectivity index (χ4v) is 3.93. The van der Waals surface area contributed by atoms with Gasteiger partial charge in [-0.1, -0.05) is 35.7 Å². The summed E-state index contributed by atoms with van der Waals surface area (Å²) in [6.45, 7) is 2.92. The first kappa shape index (κ1) is 16.0. The van der Waals surface area contributed by atoms with Gasteiger partial charge in [0.2, 0.25) is 0 Å². The first-order valence-corrected chi connectivity index (χ1v) is 8.52. The molecule has 1 aliphatic rings. The molecule has 1 aromatic rings. The van der Waals surface area contributed by atoms with Crippen molar-refractivity contribution < 1.29 is 4.39 Å². The third-order valence-corrected chi connectivity index (χ3v) is 5.36. The second-order valence-corrected chi connectivity index (χ2v) is 7.26. The molecule has 0 aliphatic heterocycles. The molecule has 0 radical (unpaired) electrons. The van der Waals surface area contributed by atoms with Gasteiger partial charge in [0.25, 0.3) is 0 Å². The number of hydrogen-bond donors (Lipinski definition) is 1. The van der Waals surface area contributed by atoms with Crippen LogP contribution in [0.25, 0.3) is 0 Å². The highest BCUT2D eigenvalue weighted by atomic mass is 79.9. The highest BCUT2D eigenvalue weighted by molar-refractivity contribution is 9.10. The molecule has 0 bridgehead atoms. The van der Waals surface area contributed by atoms with Gasteiger partial charge in [0.15, 0.2) is 0 Å². The van der Waals surface area contributed by atoms with E-state index in [4.69, 9.17) is 5.73 Å². The quantitative estimate of drug-likeness (QED) is 0.795. The first-order chi connectivity index (χ1) is 9.58. The second-order valence-electron chi connectivity index (χ2n) is 6.35. The zero-order chi connectivity index (χ0) is 14.6. The van der Waals surface area contributed by atoms with Crippen molar-refractivity contribution >= 4 is 15.9 Å². The molecule has 1 saturated carbocycles. The number of halogens is 2. The highest BCUT2D eigenvalue weighted by Crippen LogP contribution is 2.42. The third kappa shape index (κ3) is 3.82. The fourth-order valence-electron chi connectivity index (χ4n) is 3.52. The Labute approximate surface area is 130 Å². The summed E-state index contributed by atoms with van der Waals surface area (Å²) < 4.78 is 14.9. The minimum Gasteiger partial charge on any atom is -0.330 e. The molecule has 0 amide bonds. The minimum absolute atomic E-state index is 0.100. The molecule has 3 heteroatoms. The molecule has 0 spiro atoms. The molecule has 0 aromatic heterocycles. The van der Waals surface area contributed by atoms with Gasteiger partial charge in [0.1, 0.15) is 5.82 Å². The van der Waals surface area contributed by atoms with Crippen LogP contribution in [0, 0.1) is 17.2 Å². The summed E-state index contributed by atoms with van der Waals surface area (Å²) in [4.78, 5) is 0. The zero-order valence-electron chi connectivity index (χ0n) is 12.3. The third-order valence-electron chi connectivity index (χ3n) is 4.87. The predicted molar refractivity (Wildman–Crippen MR) is 86.2 cm³/mol. The van der Waals surface area contributed by atoms with Crippen LogP contribution >= 0.6 is 15.9 Å². The molecule has 1 aromatic carbocycles. The van der Waals surface area contributed by atoms with Gasteiger partial charge >= 0.3 is 0 Å². The maximum atomic E-state index is 14.0. The number of hydrogen-bond acceptors (Lipinski definition) is 1. The second kappa shape index (κ2) is 7.04. The lowest BCUT2D eigenvalue weighted by molar-refractivity contribution is 0.149. The van der Waals surface area contributed by atoms with Gasteiger partial charge in [-0.05, 0) is 73.7 Å². The Balaban J connectivity index is 2.07. The summed E-state index contributed by atoms with van der Waals surface area (Å²) in [6.07, 6.45) is 8.14. The Morgan fingerprint density at radius 1 is 1.35 bits per heavy atom. The molecule has 0 unspecified atom stereocenters. The van der Waals surface area contributed by atoms with Gasteiger partial charge in [-0.15, -0.1) is 0 Å². The zero-order valence-corrected chi connectivity index (χ0v) is 13.9. The molecule has 2 rings (SSSR count). The van der Waals surface area contributed by atoms with E-state index in [0.29, 0.717) is 6.54 Å². The van der Waals surface area contributed by atoms with E-state index in [1.165, 1.54) is 25.7 Å². The Kier molecular flexibility index (Phi) is 5.62. The molecule has 1 aliphatic carbocycles. The molecule has 0 atom stereocenters. The lowest BCUT2D eigenvalue weighted by Crippen LogP contribution is -2.37. The topological polar surface area (TPSA) is 26.0 Å². The molecule has 0 saturated heterocycles. The first-order valence-electron chi connectivity index (χ1n) is 7.72. The van der Waals surface area contributed by atoms with E-state index in [1.807, 2.05) is 6.07 Å². The van der Waals surface area contributed by atoms with Crippen LogP contribution < -0.4 is 5.73 Å². The predicted octanol–water partition coefficient (Wildman–Crippen LogP) is 5.07. The molecular formula is C17H25BrFN. The van der Waals surface area contributed by atoms with Crippen LogP contribution in [-0.2, 0) is 6.42 Å². The highest BCUT2D eigenvalue weighted by Gasteiger charge is 2.34. The Morgan fingerprint density at radius 2 is 2.05 bits per heavy atom. The van der Waals surface area contributed by atoms with Crippen molar-refractivity contribution in [3.8, 4) is 0 Å². The normalized spacial score (nSPS) is 26.7. The summed E-state index contributed by atoms with van der Waals surface area (Å²) in [5.41, 5.74) is 6.97. The summed E-state index contributed by atoms with van der Waals surface area (Å²) in [5.74, 6) is 0.753. The molecule has 1 fully saturated rings. The van der Waals surface area contributed by atoms with Crippen molar-refractivity contribution in [1.29, 1.82) is 0 Å². The van der Waals surface area contributed by atoms with Gasteiger partial charge in [0.05, 0.1) is 0 Å². The molecule has 20 heavy (non-hydrogen) atoms. The van der Waals surface area contributed by atoms with Gasteiger partial charge in [-0.25, -0.2) is 4.39 Å². The van der Waals surface area contributed by atoms with Crippen molar-refractivity contribution in [2.45, 2.75) is 51.9 Å². The van der Waals surface area contributed by atoms with Crippen LogP contribution in [0.5, 0.6) is 0 Å². The van der Waals surface area contributed by atoms with E-state index in [1.54, 1.807) is 12.1 Å². The number of rotatable bonds is 5. The molecular weight excluding hydrogens is 317 g/mol.